The zero-order valence-corrected chi connectivity index (χ0v) is 15.1. The molecule has 1 amide bonds. The number of nitriles is 1. The molecule has 0 unspecified atom stereocenters. The number of thioether (sulfide) groups is 1. The highest BCUT2D eigenvalue weighted by atomic mass is 32.2. The average Bonchev–Trinajstić information content (AvgIpc) is 2.82. The molecule has 2 atom stereocenters. The molecule has 0 aromatic heterocycles. The van der Waals surface area contributed by atoms with Crippen molar-refractivity contribution in [2.75, 3.05) is 23.9 Å². The summed E-state index contributed by atoms with van der Waals surface area (Å²) in [7, 11) is -2.97. The molecule has 1 rings (SSSR count). The summed E-state index contributed by atoms with van der Waals surface area (Å²) in [5.41, 5.74) is -1.02. The first-order chi connectivity index (χ1) is 10.6. The first-order valence-electron chi connectivity index (χ1n) is 7.28. The maximum Gasteiger partial charge on any atom is 0.316 e. The van der Waals surface area contributed by atoms with Crippen molar-refractivity contribution in [1.29, 1.82) is 5.26 Å². The van der Waals surface area contributed by atoms with Crippen LogP contribution in [0.25, 0.3) is 0 Å². The van der Waals surface area contributed by atoms with Crippen LogP contribution in [-0.2, 0) is 24.2 Å². The molecule has 1 N–H and O–H groups in total. The Balaban J connectivity index is 2.31. The Labute approximate surface area is 141 Å². The van der Waals surface area contributed by atoms with Crippen molar-refractivity contribution in [2.24, 2.45) is 5.92 Å². The lowest BCUT2D eigenvalue weighted by Gasteiger charge is -2.27. The molecule has 130 valence electrons. The Morgan fingerprint density at radius 3 is 2.61 bits per heavy atom. The Morgan fingerprint density at radius 1 is 1.48 bits per heavy atom. The van der Waals surface area contributed by atoms with Crippen molar-refractivity contribution in [3.05, 3.63) is 0 Å². The third kappa shape index (κ3) is 6.39. The number of sulfone groups is 1. The van der Waals surface area contributed by atoms with Gasteiger partial charge in [-0.15, -0.1) is 11.8 Å². The fourth-order valence-electron chi connectivity index (χ4n) is 1.89. The lowest BCUT2D eigenvalue weighted by Crippen LogP contribution is -2.50. The number of carbonyl (C=O) groups is 2. The summed E-state index contributed by atoms with van der Waals surface area (Å²) < 4.78 is 27.5. The van der Waals surface area contributed by atoms with Gasteiger partial charge in [0.15, 0.2) is 16.4 Å². The van der Waals surface area contributed by atoms with E-state index < -0.39 is 33.9 Å². The van der Waals surface area contributed by atoms with E-state index in [1.54, 1.807) is 6.92 Å². The number of ether oxygens (including phenoxy) is 1. The zero-order valence-electron chi connectivity index (χ0n) is 13.5. The quantitative estimate of drug-likeness (QED) is 0.656. The van der Waals surface area contributed by atoms with E-state index in [4.69, 9.17) is 10.00 Å². The molecule has 0 aromatic carbocycles. The van der Waals surface area contributed by atoms with Crippen LogP contribution in [0.2, 0.25) is 0 Å². The van der Waals surface area contributed by atoms with Crippen LogP contribution in [0.3, 0.4) is 0 Å². The normalized spacial score (nSPS) is 22.1. The van der Waals surface area contributed by atoms with Crippen molar-refractivity contribution in [2.45, 2.75) is 38.0 Å². The van der Waals surface area contributed by atoms with E-state index in [1.807, 2.05) is 19.9 Å². The van der Waals surface area contributed by atoms with Gasteiger partial charge in [0.1, 0.15) is 5.54 Å². The molecule has 1 aliphatic heterocycles. The van der Waals surface area contributed by atoms with Gasteiger partial charge in [-0.1, -0.05) is 13.8 Å². The number of rotatable bonds is 7. The molecule has 0 aliphatic carbocycles. The van der Waals surface area contributed by atoms with Gasteiger partial charge in [-0.2, -0.15) is 5.26 Å². The molecule has 1 saturated heterocycles. The number of hydrogen-bond acceptors (Lipinski definition) is 7. The topological polar surface area (TPSA) is 113 Å². The van der Waals surface area contributed by atoms with Gasteiger partial charge in [-0.05, 0) is 19.3 Å². The van der Waals surface area contributed by atoms with E-state index in [1.165, 1.54) is 11.8 Å². The zero-order chi connectivity index (χ0) is 17.7. The van der Waals surface area contributed by atoms with E-state index >= 15 is 0 Å². The fourth-order valence-corrected chi connectivity index (χ4v) is 5.33. The highest BCUT2D eigenvalue weighted by Gasteiger charge is 2.31. The van der Waals surface area contributed by atoms with Gasteiger partial charge >= 0.3 is 5.97 Å². The number of amides is 1. The van der Waals surface area contributed by atoms with Crippen LogP contribution in [-0.4, -0.2) is 54.9 Å². The summed E-state index contributed by atoms with van der Waals surface area (Å²) in [6.07, 6.45) is 0.537. The van der Waals surface area contributed by atoms with Crippen molar-refractivity contribution in [1.82, 2.24) is 5.32 Å². The Bertz CT molecular complexity index is 597. The van der Waals surface area contributed by atoms with Gasteiger partial charge in [0.25, 0.3) is 5.91 Å². The van der Waals surface area contributed by atoms with Crippen LogP contribution in [0.5, 0.6) is 0 Å². The van der Waals surface area contributed by atoms with E-state index in [9.17, 15) is 18.0 Å². The number of nitrogens with zero attached hydrogens (tertiary/aromatic N) is 1. The summed E-state index contributed by atoms with van der Waals surface area (Å²) in [6.45, 7) is 4.77. The molecule has 0 spiro atoms. The van der Waals surface area contributed by atoms with Crippen LogP contribution in [0.1, 0.15) is 27.2 Å². The van der Waals surface area contributed by atoms with E-state index in [-0.39, 0.29) is 28.4 Å². The van der Waals surface area contributed by atoms with Crippen molar-refractivity contribution in [3.63, 3.8) is 0 Å². The third-order valence-corrected chi connectivity index (χ3v) is 7.03. The molecule has 0 bridgehead atoms. The lowest BCUT2D eigenvalue weighted by molar-refractivity contribution is -0.146. The van der Waals surface area contributed by atoms with Gasteiger partial charge < -0.3 is 10.1 Å². The minimum absolute atomic E-state index is 0.00711. The van der Waals surface area contributed by atoms with Crippen molar-refractivity contribution < 1.29 is 22.7 Å². The van der Waals surface area contributed by atoms with Crippen LogP contribution >= 0.6 is 11.8 Å². The fraction of sp³-hybridized carbons (Fsp3) is 0.786. The molecule has 7 nitrogen and oxygen atoms in total. The smallest absolute Gasteiger partial charge is 0.316 e. The molecule has 9 heteroatoms. The minimum atomic E-state index is -2.97. The summed E-state index contributed by atoms with van der Waals surface area (Å²) in [5, 5.41) is 11.6. The minimum Gasteiger partial charge on any atom is -0.455 e. The third-order valence-electron chi connectivity index (χ3n) is 3.78. The molecular weight excluding hydrogens is 340 g/mol. The maximum absolute atomic E-state index is 11.7. The Kier molecular flexibility index (Phi) is 6.89. The first kappa shape index (κ1) is 19.8. The molecular formula is C14H22N2O5S2. The van der Waals surface area contributed by atoms with Crippen LogP contribution < -0.4 is 5.32 Å². The van der Waals surface area contributed by atoms with Crippen LogP contribution in [0, 0.1) is 17.2 Å². The lowest BCUT2D eigenvalue weighted by atomic mass is 9.90. The number of nitrogens with one attached hydrogen (secondary N) is 1. The second-order valence-corrected chi connectivity index (χ2v) is 9.53. The van der Waals surface area contributed by atoms with Crippen LogP contribution in [0.15, 0.2) is 0 Å². The number of carbonyl (C=O) groups excluding carboxylic acids is 2. The molecule has 0 radical (unpaired) electrons. The van der Waals surface area contributed by atoms with Gasteiger partial charge in [0, 0.05) is 5.25 Å². The van der Waals surface area contributed by atoms with Gasteiger partial charge in [-0.3, -0.25) is 9.59 Å². The predicted molar refractivity (Wildman–Crippen MR) is 87.5 cm³/mol. The molecule has 1 aliphatic rings. The van der Waals surface area contributed by atoms with Crippen LogP contribution in [0.4, 0.5) is 0 Å². The Morgan fingerprint density at radius 2 is 2.13 bits per heavy atom. The Hall–Kier alpha value is -1.27. The first-order valence-corrected chi connectivity index (χ1v) is 10.1. The molecule has 0 saturated carbocycles. The molecule has 23 heavy (non-hydrogen) atoms. The van der Waals surface area contributed by atoms with Gasteiger partial charge in [0.05, 0.1) is 23.3 Å². The van der Waals surface area contributed by atoms with Crippen molar-refractivity contribution in [3.8, 4) is 6.07 Å². The highest BCUT2D eigenvalue weighted by molar-refractivity contribution is 8.02. The molecule has 1 fully saturated rings. The summed E-state index contributed by atoms with van der Waals surface area (Å²) in [4.78, 5) is 23.3. The average molecular weight is 362 g/mol. The van der Waals surface area contributed by atoms with E-state index in [0.717, 1.165) is 0 Å². The summed E-state index contributed by atoms with van der Waals surface area (Å²) in [6, 6.07) is 2.03. The number of esters is 1. The summed E-state index contributed by atoms with van der Waals surface area (Å²) in [5.74, 6) is -0.952. The second kappa shape index (κ2) is 8.02. The van der Waals surface area contributed by atoms with Gasteiger partial charge in [-0.25, -0.2) is 8.42 Å². The SMILES string of the molecule is CC(C)[C@](C)(C#N)NC(=O)COC(=O)CS[C@@H]1CCS(=O)(=O)C1. The maximum atomic E-state index is 11.7. The molecule has 0 aromatic rings. The van der Waals surface area contributed by atoms with Crippen molar-refractivity contribution >= 4 is 33.5 Å². The molecule has 1 heterocycles. The monoisotopic (exact) mass is 362 g/mol. The largest absolute Gasteiger partial charge is 0.455 e. The number of hydrogen-bond donors (Lipinski definition) is 1. The van der Waals surface area contributed by atoms with E-state index in [0.29, 0.717) is 6.42 Å². The highest BCUT2D eigenvalue weighted by Crippen LogP contribution is 2.24. The predicted octanol–water partition coefficient (Wildman–Crippen LogP) is 0.504. The standard InChI is InChI=1S/C14H22N2O5S2/c1-10(2)14(3,9-15)16-12(17)6-21-13(18)7-22-11-4-5-23(19,20)8-11/h10-11H,4-8H2,1-3H3,(H,16,17)/t11-,14+/m1/s1. The second-order valence-electron chi connectivity index (χ2n) is 6.01. The summed E-state index contributed by atoms with van der Waals surface area (Å²) >= 11 is 1.23. The van der Waals surface area contributed by atoms with E-state index in [2.05, 4.69) is 5.32 Å². The van der Waals surface area contributed by atoms with Gasteiger partial charge in [0.2, 0.25) is 0 Å².